The Labute approximate surface area is 141 Å². The first-order chi connectivity index (χ1) is 11.6. The molecule has 0 aliphatic carbocycles. The molecule has 1 unspecified atom stereocenters. The maximum atomic E-state index is 12.8. The molecule has 0 radical (unpaired) electrons. The number of Topliss-reactive ketones (excluding diaryl/α,β-unsaturated/α-hetero) is 1. The molecule has 5 nitrogen and oxygen atoms in total. The van der Waals surface area contributed by atoms with Gasteiger partial charge in [-0.25, -0.2) is 4.98 Å². The predicted molar refractivity (Wildman–Crippen MR) is 90.4 cm³/mol. The number of likely N-dealkylation sites (tertiary alicyclic amines) is 1. The van der Waals surface area contributed by atoms with Gasteiger partial charge in [0.05, 0.1) is 24.3 Å². The van der Waals surface area contributed by atoms with Crippen LogP contribution in [0.15, 0.2) is 36.8 Å². The predicted octanol–water partition coefficient (Wildman–Crippen LogP) is 2.67. The Morgan fingerprint density at radius 2 is 1.96 bits per heavy atom. The molecule has 1 saturated heterocycles. The average molecular weight is 323 g/mol. The monoisotopic (exact) mass is 323 g/mol. The molecule has 1 aromatic heterocycles. The second-order valence-electron chi connectivity index (χ2n) is 6.74. The normalized spacial score (nSPS) is 19.9. The number of benzene rings is 1. The van der Waals surface area contributed by atoms with E-state index < -0.39 is 0 Å². The van der Waals surface area contributed by atoms with Crippen LogP contribution in [0.5, 0.6) is 0 Å². The van der Waals surface area contributed by atoms with Crippen LogP contribution in [0.3, 0.4) is 0 Å². The highest BCUT2D eigenvalue weighted by molar-refractivity contribution is 5.83. The number of imidazole rings is 1. The summed E-state index contributed by atoms with van der Waals surface area (Å²) >= 11 is 0. The van der Waals surface area contributed by atoms with Crippen molar-refractivity contribution in [2.45, 2.75) is 32.2 Å². The number of carbonyl (C=O) groups excluding carboxylic acids is 2. The fourth-order valence-electron chi connectivity index (χ4n) is 4.01. The van der Waals surface area contributed by atoms with Crippen LogP contribution in [0, 0.1) is 5.92 Å². The van der Waals surface area contributed by atoms with Gasteiger partial charge < -0.3 is 9.47 Å². The molecule has 2 aliphatic rings. The third-order valence-electron chi connectivity index (χ3n) is 5.39. The standard InChI is InChI=1S/C19H21N3O2/c1-13(23)21-8-6-14(7-9-21)19(24)10-17-15-4-2-3-5-16(15)18-11-20-12-22(17)18/h2-5,11-12,14,17H,6-10H2,1H3. The molecule has 2 aliphatic heterocycles. The lowest BCUT2D eigenvalue weighted by atomic mass is 9.88. The number of hydrogen-bond acceptors (Lipinski definition) is 3. The summed E-state index contributed by atoms with van der Waals surface area (Å²) in [5, 5.41) is 0. The minimum atomic E-state index is 0.0528. The third kappa shape index (κ3) is 2.44. The molecule has 0 saturated carbocycles. The Morgan fingerprint density at radius 3 is 2.71 bits per heavy atom. The van der Waals surface area contributed by atoms with Crippen molar-refractivity contribution < 1.29 is 9.59 Å². The van der Waals surface area contributed by atoms with E-state index in [1.165, 1.54) is 11.1 Å². The topological polar surface area (TPSA) is 55.2 Å². The van der Waals surface area contributed by atoms with Gasteiger partial charge in [-0.05, 0) is 18.4 Å². The van der Waals surface area contributed by atoms with Crippen molar-refractivity contribution in [3.8, 4) is 11.3 Å². The van der Waals surface area contributed by atoms with E-state index in [-0.39, 0.29) is 17.9 Å². The maximum absolute atomic E-state index is 12.8. The zero-order valence-electron chi connectivity index (χ0n) is 13.8. The molecular formula is C19H21N3O2. The number of hydrogen-bond donors (Lipinski definition) is 0. The fraction of sp³-hybridized carbons (Fsp3) is 0.421. The summed E-state index contributed by atoms with van der Waals surface area (Å²) in [6, 6.07) is 8.31. The van der Waals surface area contributed by atoms with Crippen molar-refractivity contribution in [1.29, 1.82) is 0 Å². The summed E-state index contributed by atoms with van der Waals surface area (Å²) in [7, 11) is 0. The number of amides is 1. The second kappa shape index (κ2) is 5.89. The Bertz CT molecular complexity index is 787. The molecule has 0 bridgehead atoms. The lowest BCUT2D eigenvalue weighted by molar-refractivity contribution is -0.133. The molecule has 124 valence electrons. The zero-order valence-corrected chi connectivity index (χ0v) is 13.8. The Hall–Kier alpha value is -2.43. The minimum absolute atomic E-state index is 0.0528. The first-order valence-corrected chi connectivity index (χ1v) is 8.54. The molecule has 1 fully saturated rings. The van der Waals surface area contributed by atoms with Crippen molar-refractivity contribution in [2.24, 2.45) is 5.92 Å². The van der Waals surface area contributed by atoms with Crippen molar-refractivity contribution >= 4 is 11.7 Å². The molecule has 5 heteroatoms. The van der Waals surface area contributed by atoms with E-state index in [9.17, 15) is 9.59 Å². The van der Waals surface area contributed by atoms with Gasteiger partial charge in [0.2, 0.25) is 5.91 Å². The van der Waals surface area contributed by atoms with Crippen molar-refractivity contribution in [3.63, 3.8) is 0 Å². The summed E-state index contributed by atoms with van der Waals surface area (Å²) in [5.74, 6) is 0.480. The van der Waals surface area contributed by atoms with Crippen molar-refractivity contribution in [3.05, 3.63) is 42.4 Å². The van der Waals surface area contributed by atoms with Crippen LogP contribution in [-0.2, 0) is 9.59 Å². The number of piperidine rings is 1. The zero-order chi connectivity index (χ0) is 16.7. The molecule has 1 atom stereocenters. The average Bonchev–Trinajstić information content (AvgIpc) is 3.18. The number of rotatable bonds is 3. The van der Waals surface area contributed by atoms with E-state index in [0.29, 0.717) is 25.3 Å². The number of fused-ring (bicyclic) bond motifs is 3. The van der Waals surface area contributed by atoms with Crippen LogP contribution in [0.25, 0.3) is 11.3 Å². The smallest absolute Gasteiger partial charge is 0.219 e. The van der Waals surface area contributed by atoms with Gasteiger partial charge in [0.1, 0.15) is 5.78 Å². The summed E-state index contributed by atoms with van der Waals surface area (Å²) in [6.07, 6.45) is 5.76. The van der Waals surface area contributed by atoms with Crippen molar-refractivity contribution in [1.82, 2.24) is 14.5 Å². The van der Waals surface area contributed by atoms with E-state index >= 15 is 0 Å². The third-order valence-corrected chi connectivity index (χ3v) is 5.39. The number of ketones is 1. The first kappa shape index (κ1) is 15.1. The largest absolute Gasteiger partial charge is 0.343 e. The van der Waals surface area contributed by atoms with Crippen LogP contribution in [0.4, 0.5) is 0 Å². The van der Waals surface area contributed by atoms with Crippen LogP contribution < -0.4 is 0 Å². The Morgan fingerprint density at radius 1 is 1.21 bits per heavy atom. The van der Waals surface area contributed by atoms with Gasteiger partial charge >= 0.3 is 0 Å². The number of aromatic nitrogens is 2. The van der Waals surface area contributed by atoms with Gasteiger partial charge in [-0.2, -0.15) is 0 Å². The Balaban J connectivity index is 1.50. The summed E-state index contributed by atoms with van der Waals surface area (Å²) in [6.45, 7) is 2.99. The van der Waals surface area contributed by atoms with Gasteiger partial charge in [0.15, 0.2) is 0 Å². The van der Waals surface area contributed by atoms with Crippen LogP contribution in [0.2, 0.25) is 0 Å². The highest BCUT2D eigenvalue weighted by atomic mass is 16.2. The van der Waals surface area contributed by atoms with Gasteiger partial charge in [0.25, 0.3) is 0 Å². The summed E-state index contributed by atoms with van der Waals surface area (Å²) < 4.78 is 2.12. The molecule has 24 heavy (non-hydrogen) atoms. The van der Waals surface area contributed by atoms with E-state index in [4.69, 9.17) is 0 Å². The summed E-state index contributed by atoms with van der Waals surface area (Å²) in [5.41, 5.74) is 3.48. The van der Waals surface area contributed by atoms with E-state index in [2.05, 4.69) is 21.7 Å². The lowest BCUT2D eigenvalue weighted by Gasteiger charge is -2.31. The highest BCUT2D eigenvalue weighted by Crippen LogP contribution is 2.41. The number of nitrogens with zero attached hydrogens (tertiary/aromatic N) is 3. The molecule has 1 aromatic carbocycles. The lowest BCUT2D eigenvalue weighted by Crippen LogP contribution is -2.39. The molecule has 2 aromatic rings. The van der Waals surface area contributed by atoms with Gasteiger partial charge in [-0.1, -0.05) is 24.3 Å². The molecule has 0 N–H and O–H groups in total. The van der Waals surface area contributed by atoms with Crippen LogP contribution >= 0.6 is 0 Å². The van der Waals surface area contributed by atoms with Gasteiger partial charge in [-0.3, -0.25) is 9.59 Å². The maximum Gasteiger partial charge on any atom is 0.219 e. The minimum Gasteiger partial charge on any atom is -0.343 e. The van der Waals surface area contributed by atoms with Gasteiger partial charge in [0, 0.05) is 37.9 Å². The molecular weight excluding hydrogens is 302 g/mol. The second-order valence-corrected chi connectivity index (χ2v) is 6.74. The quantitative estimate of drug-likeness (QED) is 0.872. The number of carbonyl (C=O) groups is 2. The molecule has 4 rings (SSSR count). The SMILES string of the molecule is CC(=O)N1CCC(C(=O)CC2c3ccccc3-c3cncn32)CC1. The molecule has 0 spiro atoms. The van der Waals surface area contributed by atoms with Gasteiger partial charge in [-0.15, -0.1) is 0 Å². The fourth-order valence-corrected chi connectivity index (χ4v) is 4.01. The molecule has 3 heterocycles. The first-order valence-electron chi connectivity index (χ1n) is 8.54. The van der Waals surface area contributed by atoms with E-state index in [1.54, 1.807) is 6.92 Å². The van der Waals surface area contributed by atoms with Crippen LogP contribution in [-0.4, -0.2) is 39.2 Å². The highest BCUT2D eigenvalue weighted by Gasteiger charge is 2.33. The summed E-state index contributed by atoms with van der Waals surface area (Å²) in [4.78, 5) is 30.4. The molecule has 1 amide bonds. The van der Waals surface area contributed by atoms with Crippen LogP contribution in [0.1, 0.15) is 37.8 Å². The van der Waals surface area contributed by atoms with E-state index in [0.717, 1.165) is 18.5 Å². The van der Waals surface area contributed by atoms with Crippen molar-refractivity contribution in [2.75, 3.05) is 13.1 Å². The Kier molecular flexibility index (Phi) is 3.71. The van der Waals surface area contributed by atoms with E-state index in [1.807, 2.05) is 29.6 Å².